The van der Waals surface area contributed by atoms with Crippen molar-refractivity contribution in [1.82, 2.24) is 0 Å². The van der Waals surface area contributed by atoms with Gasteiger partial charge < -0.3 is 23.7 Å². The smallest absolute Gasteiger partial charge is 0.186 e. The molecule has 4 atom stereocenters. The summed E-state index contributed by atoms with van der Waals surface area (Å²) in [6.07, 6.45) is 1.53. The zero-order chi connectivity index (χ0) is 9.38. The maximum absolute atomic E-state index is 5.23. The number of epoxide rings is 3. The number of fused-ring (bicyclic) bond motifs is 1. The lowest BCUT2D eigenvalue weighted by Gasteiger charge is -2.01. The average Bonchev–Trinajstić information content (AvgIpc) is 2.95. The van der Waals surface area contributed by atoms with Crippen molar-refractivity contribution < 1.29 is 23.7 Å². The van der Waals surface area contributed by atoms with Crippen molar-refractivity contribution in [2.24, 2.45) is 0 Å². The van der Waals surface area contributed by atoms with Crippen LogP contribution in [0.5, 0.6) is 0 Å². The summed E-state index contributed by atoms with van der Waals surface area (Å²) >= 11 is 0. The normalized spacial score (nSPS) is 45.4. The minimum absolute atomic E-state index is 0.231. The lowest BCUT2D eigenvalue weighted by Crippen LogP contribution is -2.17. The molecule has 5 heteroatoms. The van der Waals surface area contributed by atoms with Gasteiger partial charge in [0.1, 0.15) is 18.3 Å². The predicted octanol–water partition coefficient (Wildman–Crippen LogP) is -0.458. The van der Waals surface area contributed by atoms with E-state index in [-0.39, 0.29) is 6.29 Å². The third-order valence-corrected chi connectivity index (χ3v) is 2.37. The van der Waals surface area contributed by atoms with Crippen LogP contribution in [0.4, 0.5) is 0 Å². The Morgan fingerprint density at radius 2 is 1.50 bits per heavy atom. The van der Waals surface area contributed by atoms with E-state index < -0.39 is 0 Å². The molecule has 5 nitrogen and oxygen atoms in total. The van der Waals surface area contributed by atoms with Gasteiger partial charge in [-0.3, -0.25) is 0 Å². The van der Waals surface area contributed by atoms with E-state index in [1.54, 1.807) is 0 Å². The SMILES string of the molecule is C(OCC1CO1)C1CO1.C1OC2OC12. The molecule has 0 radical (unpaired) electrons. The van der Waals surface area contributed by atoms with Gasteiger partial charge in [0.25, 0.3) is 0 Å². The molecule has 0 aliphatic carbocycles. The first-order valence-electron chi connectivity index (χ1n) is 5.00. The van der Waals surface area contributed by atoms with Gasteiger partial charge in [-0.25, -0.2) is 0 Å². The molecule has 4 unspecified atom stereocenters. The molecule has 4 saturated heterocycles. The zero-order valence-electron chi connectivity index (χ0n) is 7.89. The predicted molar refractivity (Wildman–Crippen MR) is 44.9 cm³/mol. The zero-order valence-corrected chi connectivity index (χ0v) is 7.89. The van der Waals surface area contributed by atoms with Crippen molar-refractivity contribution in [3.05, 3.63) is 0 Å². The molecule has 0 spiro atoms. The van der Waals surface area contributed by atoms with E-state index in [9.17, 15) is 0 Å². The number of hydrogen-bond donors (Lipinski definition) is 0. The minimum Gasteiger partial charge on any atom is -0.376 e. The van der Waals surface area contributed by atoms with Crippen LogP contribution in [0.1, 0.15) is 0 Å². The van der Waals surface area contributed by atoms with Crippen LogP contribution < -0.4 is 0 Å². The Balaban J connectivity index is 0.000000107. The van der Waals surface area contributed by atoms with Crippen molar-refractivity contribution in [3.63, 3.8) is 0 Å². The van der Waals surface area contributed by atoms with E-state index in [1.807, 2.05) is 0 Å². The Hall–Kier alpha value is -0.200. The summed E-state index contributed by atoms with van der Waals surface area (Å²) in [5, 5.41) is 0. The Morgan fingerprint density at radius 1 is 0.929 bits per heavy atom. The summed E-state index contributed by atoms with van der Waals surface area (Å²) in [4.78, 5) is 0. The summed E-state index contributed by atoms with van der Waals surface area (Å²) in [6.45, 7) is 4.10. The number of ether oxygens (including phenoxy) is 5. The van der Waals surface area contributed by atoms with Crippen molar-refractivity contribution in [3.8, 4) is 0 Å². The highest BCUT2D eigenvalue weighted by atomic mass is 16.8. The molecule has 0 amide bonds. The molecule has 4 aliphatic heterocycles. The molecule has 14 heavy (non-hydrogen) atoms. The third kappa shape index (κ3) is 2.65. The van der Waals surface area contributed by atoms with E-state index in [0.29, 0.717) is 18.3 Å². The standard InChI is InChI=1S/C6H10O3.C3H4O2/c1(5-3-8-5)7-2-6-4-9-6;1-2-3(4-1)5-2/h5-6H,1-4H2;2-3H,1H2. The van der Waals surface area contributed by atoms with Gasteiger partial charge in [0.05, 0.1) is 33.0 Å². The molecule has 0 aromatic heterocycles. The number of rotatable bonds is 4. The van der Waals surface area contributed by atoms with Crippen LogP contribution in [0, 0.1) is 0 Å². The van der Waals surface area contributed by atoms with Gasteiger partial charge in [-0.15, -0.1) is 0 Å². The maximum Gasteiger partial charge on any atom is 0.186 e. The fraction of sp³-hybridized carbons (Fsp3) is 1.00. The molecular formula is C9H14O5. The largest absolute Gasteiger partial charge is 0.376 e. The molecule has 0 aromatic rings. The second kappa shape index (κ2) is 3.75. The summed E-state index contributed by atoms with van der Waals surface area (Å²) in [5.41, 5.74) is 0. The van der Waals surface area contributed by atoms with Crippen LogP contribution in [0.2, 0.25) is 0 Å². The molecule has 4 heterocycles. The van der Waals surface area contributed by atoms with Gasteiger partial charge in [-0.1, -0.05) is 0 Å². The molecule has 0 N–H and O–H groups in total. The number of hydrogen-bond acceptors (Lipinski definition) is 5. The van der Waals surface area contributed by atoms with Crippen LogP contribution in [-0.4, -0.2) is 57.6 Å². The van der Waals surface area contributed by atoms with Crippen LogP contribution in [-0.2, 0) is 23.7 Å². The van der Waals surface area contributed by atoms with Gasteiger partial charge in [0.2, 0.25) is 0 Å². The molecule has 0 saturated carbocycles. The summed E-state index contributed by atoms with van der Waals surface area (Å²) < 4.78 is 24.7. The Bertz CT molecular complexity index is 177. The first-order chi connectivity index (χ1) is 6.92. The van der Waals surface area contributed by atoms with Crippen LogP contribution in [0.3, 0.4) is 0 Å². The highest BCUT2D eigenvalue weighted by Gasteiger charge is 2.49. The molecule has 4 fully saturated rings. The monoisotopic (exact) mass is 202 g/mol. The van der Waals surface area contributed by atoms with Crippen LogP contribution in [0.25, 0.3) is 0 Å². The van der Waals surface area contributed by atoms with Crippen molar-refractivity contribution in [1.29, 1.82) is 0 Å². The van der Waals surface area contributed by atoms with Crippen molar-refractivity contribution >= 4 is 0 Å². The molecule has 0 bridgehead atoms. The third-order valence-electron chi connectivity index (χ3n) is 2.37. The molecule has 4 aliphatic rings. The summed E-state index contributed by atoms with van der Waals surface area (Å²) in [7, 11) is 0. The van der Waals surface area contributed by atoms with Gasteiger partial charge in [-0.05, 0) is 0 Å². The summed E-state index contributed by atoms with van der Waals surface area (Å²) in [6, 6.07) is 0. The van der Waals surface area contributed by atoms with E-state index in [0.717, 1.165) is 33.0 Å². The second-order valence-electron chi connectivity index (χ2n) is 3.82. The Kier molecular flexibility index (Phi) is 2.43. The van der Waals surface area contributed by atoms with E-state index in [1.165, 1.54) is 0 Å². The minimum atomic E-state index is 0.231. The molecule has 0 aromatic carbocycles. The van der Waals surface area contributed by atoms with Gasteiger partial charge in [0.15, 0.2) is 6.29 Å². The topological polar surface area (TPSA) is 56.0 Å². The Morgan fingerprint density at radius 3 is 1.71 bits per heavy atom. The first kappa shape index (κ1) is 9.06. The molecule has 4 rings (SSSR count). The Labute approximate surface area is 82.2 Å². The second-order valence-corrected chi connectivity index (χ2v) is 3.82. The maximum atomic E-state index is 5.23. The van der Waals surface area contributed by atoms with Gasteiger partial charge in [0, 0.05) is 0 Å². The van der Waals surface area contributed by atoms with Crippen molar-refractivity contribution in [2.75, 3.05) is 33.0 Å². The van der Waals surface area contributed by atoms with Gasteiger partial charge in [-0.2, -0.15) is 0 Å². The first-order valence-corrected chi connectivity index (χ1v) is 5.00. The lowest BCUT2D eigenvalue weighted by atomic mass is 10.4. The molecular weight excluding hydrogens is 188 g/mol. The highest BCUT2D eigenvalue weighted by molar-refractivity contribution is 4.84. The fourth-order valence-electron chi connectivity index (χ4n) is 1.12. The van der Waals surface area contributed by atoms with E-state index in [2.05, 4.69) is 0 Å². The van der Waals surface area contributed by atoms with Crippen molar-refractivity contribution in [2.45, 2.75) is 24.6 Å². The average molecular weight is 202 g/mol. The highest BCUT2D eigenvalue weighted by Crippen LogP contribution is 2.32. The van der Waals surface area contributed by atoms with Crippen LogP contribution >= 0.6 is 0 Å². The quantitative estimate of drug-likeness (QED) is 0.577. The van der Waals surface area contributed by atoms with E-state index >= 15 is 0 Å². The van der Waals surface area contributed by atoms with Crippen LogP contribution in [0.15, 0.2) is 0 Å². The van der Waals surface area contributed by atoms with Gasteiger partial charge >= 0.3 is 0 Å². The fourth-order valence-corrected chi connectivity index (χ4v) is 1.12. The molecule has 80 valence electrons. The lowest BCUT2D eigenvalue weighted by molar-refractivity contribution is 0.0329. The summed E-state index contributed by atoms with van der Waals surface area (Å²) in [5.74, 6) is 0. The van der Waals surface area contributed by atoms with E-state index in [4.69, 9.17) is 23.7 Å².